The summed E-state index contributed by atoms with van der Waals surface area (Å²) in [6.45, 7) is 0. The van der Waals surface area contributed by atoms with Crippen molar-refractivity contribution in [3.8, 4) is 5.75 Å². The van der Waals surface area contributed by atoms with Crippen molar-refractivity contribution in [3.05, 3.63) is 30.3 Å². The Bertz CT molecular complexity index is 164. The zero-order valence-corrected chi connectivity index (χ0v) is 7.03. The summed E-state index contributed by atoms with van der Waals surface area (Å²) >= 11 is 0. The van der Waals surface area contributed by atoms with Gasteiger partial charge >= 0.3 is 0 Å². The molecular weight excluding hydrogens is 150 g/mol. The van der Waals surface area contributed by atoms with Gasteiger partial charge in [0, 0.05) is 0 Å². The second kappa shape index (κ2) is 3.82. The third-order valence-corrected chi connectivity index (χ3v) is 1.63. The van der Waals surface area contributed by atoms with Crippen LogP contribution in [0, 0.1) is 0 Å². The molecule has 0 aliphatic heterocycles. The zero-order valence-electron chi connectivity index (χ0n) is 4.87. The zero-order chi connectivity index (χ0) is 6.53. The van der Waals surface area contributed by atoms with E-state index in [0.29, 0.717) is 8.50 Å². The van der Waals surface area contributed by atoms with Crippen LogP contribution in [0.1, 0.15) is 0 Å². The average molecular weight is 158 g/mol. The molecule has 3 heteroatoms. The van der Waals surface area contributed by atoms with E-state index in [0.717, 1.165) is 5.75 Å². The summed E-state index contributed by atoms with van der Waals surface area (Å²) < 4.78 is 5.20. The molecule has 48 valence electrons. The van der Waals surface area contributed by atoms with Gasteiger partial charge in [-0.3, -0.25) is 0 Å². The molecule has 0 radical (unpaired) electrons. The SMILES string of the molecule is PPOc1ccccc1. The van der Waals surface area contributed by atoms with E-state index in [4.69, 9.17) is 4.52 Å². The third-order valence-electron chi connectivity index (χ3n) is 0.920. The fourth-order valence-corrected chi connectivity index (χ4v) is 1.24. The van der Waals surface area contributed by atoms with Crippen LogP contribution in [-0.2, 0) is 0 Å². The van der Waals surface area contributed by atoms with Gasteiger partial charge in [-0.2, -0.15) is 0 Å². The van der Waals surface area contributed by atoms with Crippen LogP contribution in [0.25, 0.3) is 0 Å². The molecule has 2 unspecified atom stereocenters. The average Bonchev–Trinajstić information content (AvgIpc) is 1.91. The predicted molar refractivity (Wildman–Crippen MR) is 45.1 cm³/mol. The van der Waals surface area contributed by atoms with Crippen molar-refractivity contribution in [1.29, 1.82) is 0 Å². The Morgan fingerprint density at radius 3 is 2.44 bits per heavy atom. The Balaban J connectivity index is 2.61. The lowest BCUT2D eigenvalue weighted by Gasteiger charge is -1.98. The highest BCUT2D eigenvalue weighted by atomic mass is 32.0. The summed E-state index contributed by atoms with van der Waals surface area (Å²) in [4.78, 5) is 0. The van der Waals surface area contributed by atoms with Crippen molar-refractivity contribution in [2.75, 3.05) is 0 Å². The van der Waals surface area contributed by atoms with Crippen LogP contribution in [0.5, 0.6) is 5.75 Å². The summed E-state index contributed by atoms with van der Waals surface area (Å²) in [5.74, 6) is 0.936. The van der Waals surface area contributed by atoms with Crippen molar-refractivity contribution in [1.82, 2.24) is 0 Å². The first-order chi connectivity index (χ1) is 4.43. The maximum Gasteiger partial charge on any atom is 0.123 e. The van der Waals surface area contributed by atoms with Gasteiger partial charge < -0.3 is 4.52 Å². The highest BCUT2D eigenvalue weighted by Gasteiger charge is 1.84. The summed E-state index contributed by atoms with van der Waals surface area (Å²) in [7, 11) is 2.99. The lowest BCUT2D eigenvalue weighted by molar-refractivity contribution is 0.643. The molecule has 0 spiro atoms. The van der Waals surface area contributed by atoms with Crippen LogP contribution < -0.4 is 4.52 Å². The topological polar surface area (TPSA) is 9.23 Å². The summed E-state index contributed by atoms with van der Waals surface area (Å²) in [5.41, 5.74) is 0. The molecule has 0 saturated carbocycles. The number of hydrogen-bond donors (Lipinski definition) is 0. The first-order valence-electron chi connectivity index (χ1n) is 2.61. The fraction of sp³-hybridized carbons (Fsp3) is 0. The van der Waals surface area contributed by atoms with Gasteiger partial charge in [0.25, 0.3) is 0 Å². The molecule has 0 heterocycles. The van der Waals surface area contributed by atoms with Crippen LogP contribution in [0.2, 0.25) is 0 Å². The molecule has 1 aromatic rings. The maximum atomic E-state index is 5.20. The largest absolute Gasteiger partial charge is 0.473 e. The minimum absolute atomic E-state index is 0.452. The number of hydrogen-bond acceptors (Lipinski definition) is 1. The van der Waals surface area contributed by atoms with Gasteiger partial charge in [0.05, 0.1) is 8.50 Å². The van der Waals surface area contributed by atoms with Gasteiger partial charge in [-0.05, 0) is 12.1 Å². The molecular formula is C6H8OP2. The molecule has 1 aromatic carbocycles. The maximum absolute atomic E-state index is 5.20. The second-order valence-electron chi connectivity index (χ2n) is 1.53. The van der Waals surface area contributed by atoms with E-state index in [1.54, 1.807) is 0 Å². The Morgan fingerprint density at radius 1 is 1.22 bits per heavy atom. The van der Waals surface area contributed by atoms with Gasteiger partial charge in [-0.15, -0.1) is 0 Å². The van der Waals surface area contributed by atoms with Crippen molar-refractivity contribution >= 4 is 17.4 Å². The van der Waals surface area contributed by atoms with Gasteiger partial charge in [0.1, 0.15) is 5.75 Å². The normalized spacial score (nSPS) is 10.3. The summed E-state index contributed by atoms with van der Waals surface area (Å²) in [6.07, 6.45) is 0. The molecule has 0 aromatic heterocycles. The van der Waals surface area contributed by atoms with Crippen LogP contribution in [0.15, 0.2) is 30.3 Å². The number of benzene rings is 1. The van der Waals surface area contributed by atoms with Gasteiger partial charge in [-0.25, -0.2) is 0 Å². The molecule has 0 fully saturated rings. The van der Waals surface area contributed by atoms with E-state index >= 15 is 0 Å². The first kappa shape index (κ1) is 6.99. The Morgan fingerprint density at radius 2 is 1.89 bits per heavy atom. The minimum atomic E-state index is 0.452. The second-order valence-corrected chi connectivity index (χ2v) is 2.68. The number of rotatable bonds is 2. The van der Waals surface area contributed by atoms with Crippen molar-refractivity contribution in [2.45, 2.75) is 0 Å². The summed E-state index contributed by atoms with van der Waals surface area (Å²) in [5, 5.41) is 0. The highest BCUT2D eigenvalue weighted by Crippen LogP contribution is 2.25. The molecule has 9 heavy (non-hydrogen) atoms. The van der Waals surface area contributed by atoms with Crippen LogP contribution in [0.4, 0.5) is 0 Å². The molecule has 0 aliphatic rings. The van der Waals surface area contributed by atoms with E-state index in [9.17, 15) is 0 Å². The Kier molecular flexibility index (Phi) is 2.97. The smallest absolute Gasteiger partial charge is 0.123 e. The Labute approximate surface area is 58.8 Å². The van der Waals surface area contributed by atoms with E-state index in [1.165, 1.54) is 0 Å². The monoisotopic (exact) mass is 158 g/mol. The summed E-state index contributed by atoms with van der Waals surface area (Å²) in [6, 6.07) is 9.77. The molecule has 0 bridgehead atoms. The van der Waals surface area contributed by atoms with Crippen LogP contribution in [-0.4, -0.2) is 0 Å². The molecule has 2 atom stereocenters. The fourth-order valence-electron chi connectivity index (χ4n) is 0.557. The van der Waals surface area contributed by atoms with Crippen LogP contribution >= 0.6 is 17.4 Å². The van der Waals surface area contributed by atoms with Crippen LogP contribution in [0.3, 0.4) is 0 Å². The van der Waals surface area contributed by atoms with Crippen molar-refractivity contribution in [2.24, 2.45) is 0 Å². The van der Waals surface area contributed by atoms with E-state index < -0.39 is 0 Å². The molecule has 1 rings (SSSR count). The van der Waals surface area contributed by atoms with Gasteiger partial charge in [0.2, 0.25) is 0 Å². The highest BCUT2D eigenvalue weighted by molar-refractivity contribution is 8.00. The standard InChI is InChI=1S/C6H8OP2/c8-9-7-6-4-2-1-3-5-6/h1-5,9H,8H2. The van der Waals surface area contributed by atoms with E-state index in [-0.39, 0.29) is 0 Å². The molecule has 0 amide bonds. The third kappa shape index (κ3) is 2.30. The van der Waals surface area contributed by atoms with Crippen molar-refractivity contribution < 1.29 is 4.52 Å². The van der Waals surface area contributed by atoms with Gasteiger partial charge in [-0.1, -0.05) is 27.1 Å². The van der Waals surface area contributed by atoms with Crippen molar-refractivity contribution in [3.63, 3.8) is 0 Å². The predicted octanol–water partition coefficient (Wildman–Crippen LogP) is 2.45. The molecule has 0 saturated heterocycles. The Hall–Kier alpha value is -0.120. The lowest BCUT2D eigenvalue weighted by atomic mass is 10.3. The van der Waals surface area contributed by atoms with E-state index in [1.807, 2.05) is 30.3 Å². The molecule has 1 nitrogen and oxygen atoms in total. The van der Waals surface area contributed by atoms with E-state index in [2.05, 4.69) is 8.93 Å². The lowest BCUT2D eigenvalue weighted by Crippen LogP contribution is -1.70. The van der Waals surface area contributed by atoms with Gasteiger partial charge in [0.15, 0.2) is 0 Å². The minimum Gasteiger partial charge on any atom is -0.473 e. The quantitative estimate of drug-likeness (QED) is 0.600. The molecule has 0 aliphatic carbocycles. The number of para-hydroxylation sites is 1. The molecule has 0 N–H and O–H groups in total. The first-order valence-corrected chi connectivity index (χ1v) is 5.33.